The fourth-order valence-electron chi connectivity index (χ4n) is 1.28. The van der Waals surface area contributed by atoms with Crippen molar-refractivity contribution in [3.8, 4) is 0 Å². The average Bonchev–Trinajstić information content (AvgIpc) is 2.38. The van der Waals surface area contributed by atoms with Gasteiger partial charge in [-0.1, -0.05) is 13.8 Å². The Bertz CT molecular complexity index is 394. The normalized spacial score (nSPS) is 13.8. The summed E-state index contributed by atoms with van der Waals surface area (Å²) in [6.07, 6.45) is 3.48. The molecule has 0 spiro atoms. The third-order valence-electron chi connectivity index (χ3n) is 2.87. The second kappa shape index (κ2) is 6.93. The van der Waals surface area contributed by atoms with Gasteiger partial charge in [0.2, 0.25) is 5.95 Å². The predicted octanol–water partition coefficient (Wildman–Crippen LogP) is 2.22. The first-order valence-corrected chi connectivity index (χ1v) is 6.47. The highest BCUT2D eigenvalue weighted by atomic mass is 16.1. The van der Waals surface area contributed by atoms with E-state index in [4.69, 9.17) is 0 Å². The van der Waals surface area contributed by atoms with Crippen LogP contribution in [0.4, 0.5) is 5.95 Å². The van der Waals surface area contributed by atoms with Crippen molar-refractivity contribution in [2.24, 2.45) is 0 Å². The Morgan fingerprint density at radius 3 is 2.56 bits per heavy atom. The predicted molar refractivity (Wildman–Crippen MR) is 72.6 cm³/mol. The summed E-state index contributed by atoms with van der Waals surface area (Å²) in [6.45, 7) is 8.13. The number of carbonyl (C=O) groups excluding carboxylic acids is 1. The molecule has 0 saturated heterocycles. The Morgan fingerprint density at radius 2 is 1.94 bits per heavy atom. The van der Waals surface area contributed by atoms with Gasteiger partial charge in [-0.25, -0.2) is 9.97 Å². The monoisotopic (exact) mass is 250 g/mol. The molecule has 0 radical (unpaired) electrons. The zero-order valence-corrected chi connectivity index (χ0v) is 11.5. The summed E-state index contributed by atoms with van der Waals surface area (Å²) in [5, 5.41) is 6.04. The van der Waals surface area contributed by atoms with E-state index < -0.39 is 0 Å². The summed E-state index contributed by atoms with van der Waals surface area (Å²) < 4.78 is 0. The number of amides is 1. The molecule has 0 fully saturated rings. The average molecular weight is 250 g/mol. The van der Waals surface area contributed by atoms with Crippen LogP contribution in [0.15, 0.2) is 12.3 Å². The molecule has 1 aromatic rings. The summed E-state index contributed by atoms with van der Waals surface area (Å²) in [4.78, 5) is 20.2. The van der Waals surface area contributed by atoms with Crippen molar-refractivity contribution in [2.75, 3.05) is 5.32 Å². The van der Waals surface area contributed by atoms with Gasteiger partial charge in [-0.15, -0.1) is 0 Å². The molecule has 0 bridgehead atoms. The second-order valence-electron chi connectivity index (χ2n) is 4.50. The number of nitrogens with zero attached hydrogens (tertiary/aromatic N) is 2. The Hall–Kier alpha value is -1.65. The minimum absolute atomic E-state index is 0.151. The number of nitrogens with one attached hydrogen (secondary N) is 2. The molecule has 5 heteroatoms. The molecule has 0 aliphatic rings. The van der Waals surface area contributed by atoms with Crippen LogP contribution in [0.5, 0.6) is 0 Å². The highest BCUT2D eigenvalue weighted by molar-refractivity contribution is 5.92. The van der Waals surface area contributed by atoms with E-state index in [1.807, 2.05) is 13.8 Å². The minimum Gasteiger partial charge on any atom is -0.352 e. The summed E-state index contributed by atoms with van der Waals surface area (Å²) >= 11 is 0. The molecule has 2 N–H and O–H groups in total. The van der Waals surface area contributed by atoms with E-state index in [1.54, 1.807) is 12.3 Å². The lowest BCUT2D eigenvalue weighted by atomic mass is 10.2. The third kappa shape index (κ3) is 4.31. The van der Waals surface area contributed by atoms with Crippen LogP contribution < -0.4 is 10.6 Å². The van der Waals surface area contributed by atoms with Crippen LogP contribution in [0.2, 0.25) is 0 Å². The van der Waals surface area contributed by atoms with Crippen LogP contribution in [0, 0.1) is 0 Å². The van der Waals surface area contributed by atoms with Gasteiger partial charge < -0.3 is 10.6 Å². The zero-order chi connectivity index (χ0) is 13.5. The Morgan fingerprint density at radius 1 is 1.28 bits per heavy atom. The number of carbonyl (C=O) groups is 1. The number of hydrogen-bond donors (Lipinski definition) is 2. The van der Waals surface area contributed by atoms with Crippen LogP contribution >= 0.6 is 0 Å². The molecule has 18 heavy (non-hydrogen) atoms. The third-order valence-corrected chi connectivity index (χ3v) is 2.87. The van der Waals surface area contributed by atoms with Gasteiger partial charge in [-0.2, -0.15) is 0 Å². The first kappa shape index (κ1) is 14.4. The van der Waals surface area contributed by atoms with Crippen molar-refractivity contribution in [3.63, 3.8) is 0 Å². The zero-order valence-electron chi connectivity index (χ0n) is 11.5. The van der Waals surface area contributed by atoms with Crippen molar-refractivity contribution in [1.29, 1.82) is 0 Å². The van der Waals surface area contributed by atoms with Gasteiger partial charge in [0.1, 0.15) is 5.69 Å². The van der Waals surface area contributed by atoms with Crippen LogP contribution in [-0.2, 0) is 0 Å². The van der Waals surface area contributed by atoms with Gasteiger partial charge >= 0.3 is 0 Å². The number of rotatable bonds is 6. The fraction of sp³-hybridized carbons (Fsp3) is 0.615. The van der Waals surface area contributed by atoms with Gasteiger partial charge in [0.25, 0.3) is 5.91 Å². The van der Waals surface area contributed by atoms with Crippen LogP contribution in [-0.4, -0.2) is 28.0 Å². The lowest BCUT2D eigenvalue weighted by Crippen LogP contribution is -2.32. The molecule has 1 aromatic heterocycles. The molecular formula is C13H22N4O. The lowest BCUT2D eigenvalue weighted by molar-refractivity contribution is 0.0934. The molecule has 0 aliphatic heterocycles. The van der Waals surface area contributed by atoms with E-state index in [9.17, 15) is 4.79 Å². The van der Waals surface area contributed by atoms with Crippen LogP contribution in [0.1, 0.15) is 51.0 Å². The molecule has 0 saturated carbocycles. The Labute approximate surface area is 108 Å². The molecular weight excluding hydrogens is 228 g/mol. The minimum atomic E-state index is -0.154. The van der Waals surface area contributed by atoms with Crippen molar-refractivity contribution in [1.82, 2.24) is 15.3 Å². The van der Waals surface area contributed by atoms with Crippen molar-refractivity contribution in [2.45, 2.75) is 52.6 Å². The Balaban J connectivity index is 2.72. The molecule has 5 nitrogen and oxygen atoms in total. The quantitative estimate of drug-likeness (QED) is 0.812. The number of anilines is 1. The summed E-state index contributed by atoms with van der Waals surface area (Å²) in [7, 11) is 0. The van der Waals surface area contributed by atoms with E-state index in [2.05, 4.69) is 34.4 Å². The van der Waals surface area contributed by atoms with Crippen molar-refractivity contribution >= 4 is 11.9 Å². The topological polar surface area (TPSA) is 66.9 Å². The SMILES string of the molecule is CCC(C)NC(=O)c1ccnc(NC(C)CC)n1. The highest BCUT2D eigenvalue weighted by Crippen LogP contribution is 2.04. The van der Waals surface area contributed by atoms with Crippen LogP contribution in [0.25, 0.3) is 0 Å². The number of hydrogen-bond acceptors (Lipinski definition) is 4. The fourth-order valence-corrected chi connectivity index (χ4v) is 1.28. The van der Waals surface area contributed by atoms with Crippen LogP contribution in [0.3, 0.4) is 0 Å². The molecule has 0 aliphatic carbocycles. The summed E-state index contributed by atoms with van der Waals surface area (Å²) in [6, 6.07) is 2.07. The first-order valence-electron chi connectivity index (χ1n) is 6.47. The van der Waals surface area contributed by atoms with E-state index in [0.717, 1.165) is 12.8 Å². The van der Waals surface area contributed by atoms with E-state index in [0.29, 0.717) is 11.6 Å². The van der Waals surface area contributed by atoms with E-state index in [-0.39, 0.29) is 18.0 Å². The van der Waals surface area contributed by atoms with E-state index in [1.165, 1.54) is 0 Å². The first-order chi connectivity index (χ1) is 8.56. The molecule has 2 unspecified atom stereocenters. The van der Waals surface area contributed by atoms with Gasteiger partial charge in [0.15, 0.2) is 0 Å². The summed E-state index contributed by atoms with van der Waals surface area (Å²) in [5.41, 5.74) is 0.399. The van der Waals surface area contributed by atoms with Gasteiger partial charge in [0.05, 0.1) is 0 Å². The van der Waals surface area contributed by atoms with Crippen molar-refractivity contribution in [3.05, 3.63) is 18.0 Å². The highest BCUT2D eigenvalue weighted by Gasteiger charge is 2.11. The van der Waals surface area contributed by atoms with Gasteiger partial charge in [-0.05, 0) is 32.8 Å². The van der Waals surface area contributed by atoms with E-state index >= 15 is 0 Å². The largest absolute Gasteiger partial charge is 0.352 e. The standard InChI is InChI=1S/C13H22N4O/c1-5-9(3)15-12(18)11-7-8-14-13(17-11)16-10(4)6-2/h7-10H,5-6H2,1-4H3,(H,15,18)(H,14,16,17). The van der Waals surface area contributed by atoms with Gasteiger partial charge in [-0.3, -0.25) is 4.79 Å². The maximum Gasteiger partial charge on any atom is 0.270 e. The number of aromatic nitrogens is 2. The molecule has 1 rings (SSSR count). The lowest BCUT2D eigenvalue weighted by Gasteiger charge is -2.13. The van der Waals surface area contributed by atoms with Crippen molar-refractivity contribution < 1.29 is 4.79 Å². The molecule has 0 aromatic carbocycles. The smallest absolute Gasteiger partial charge is 0.270 e. The Kier molecular flexibility index (Phi) is 5.55. The summed E-state index contributed by atoms with van der Waals surface area (Å²) in [5.74, 6) is 0.347. The maximum absolute atomic E-state index is 11.9. The molecule has 1 amide bonds. The second-order valence-corrected chi connectivity index (χ2v) is 4.50. The van der Waals surface area contributed by atoms with Gasteiger partial charge in [0, 0.05) is 18.3 Å². The molecule has 1 heterocycles. The molecule has 100 valence electrons. The molecule has 2 atom stereocenters. The maximum atomic E-state index is 11.9.